The molecule has 2 atom stereocenters. The normalized spacial score (nSPS) is 20.5. The number of anilines is 1. The van der Waals surface area contributed by atoms with Gasteiger partial charge in [-0.3, -0.25) is 4.99 Å². The molecule has 1 fully saturated rings. The first-order chi connectivity index (χ1) is 15.8. The highest BCUT2D eigenvalue weighted by atomic mass is 16.5. The van der Waals surface area contributed by atoms with Gasteiger partial charge in [-0.1, -0.05) is 36.4 Å². The Hall–Kier alpha value is -3.41. The van der Waals surface area contributed by atoms with E-state index in [1.165, 1.54) is 11.3 Å². The van der Waals surface area contributed by atoms with Crippen LogP contribution in [-0.2, 0) is 6.42 Å². The minimum Gasteiger partial charge on any atom is -0.493 e. The number of hydrogen-bond acceptors (Lipinski definition) is 4. The van der Waals surface area contributed by atoms with Crippen molar-refractivity contribution in [1.82, 2.24) is 10.6 Å². The molecule has 0 amide bonds. The van der Waals surface area contributed by atoms with Gasteiger partial charge in [0.25, 0.3) is 0 Å². The SMILES string of the molecule is c1ccc(N2CCC(NC(=NCCc3ccco3)NC3CCOc4ccccc43)C2)cc1. The van der Waals surface area contributed by atoms with E-state index in [-0.39, 0.29) is 6.04 Å². The zero-order chi connectivity index (χ0) is 21.6. The van der Waals surface area contributed by atoms with Crippen molar-refractivity contribution in [1.29, 1.82) is 0 Å². The number of fused-ring (bicyclic) bond motifs is 1. The van der Waals surface area contributed by atoms with Crippen LogP contribution in [0.5, 0.6) is 5.75 Å². The number of nitrogens with zero attached hydrogens (tertiary/aromatic N) is 2. The van der Waals surface area contributed by atoms with Crippen molar-refractivity contribution in [3.63, 3.8) is 0 Å². The lowest BCUT2D eigenvalue weighted by Gasteiger charge is -2.29. The molecule has 166 valence electrons. The van der Waals surface area contributed by atoms with E-state index in [4.69, 9.17) is 14.1 Å². The number of benzene rings is 2. The summed E-state index contributed by atoms with van der Waals surface area (Å²) >= 11 is 0. The largest absolute Gasteiger partial charge is 0.493 e. The van der Waals surface area contributed by atoms with E-state index in [9.17, 15) is 0 Å². The summed E-state index contributed by atoms with van der Waals surface area (Å²) in [4.78, 5) is 7.33. The van der Waals surface area contributed by atoms with Gasteiger partial charge in [0, 0.05) is 49.8 Å². The molecule has 3 aromatic rings. The summed E-state index contributed by atoms with van der Waals surface area (Å²) in [7, 11) is 0. The van der Waals surface area contributed by atoms with Crippen molar-refractivity contribution >= 4 is 11.6 Å². The van der Waals surface area contributed by atoms with Crippen molar-refractivity contribution in [3.8, 4) is 5.75 Å². The third kappa shape index (κ3) is 4.90. The highest BCUT2D eigenvalue weighted by molar-refractivity contribution is 5.81. The molecule has 0 spiro atoms. The fourth-order valence-corrected chi connectivity index (χ4v) is 4.47. The molecular weight excluding hydrogens is 400 g/mol. The molecule has 1 aromatic heterocycles. The van der Waals surface area contributed by atoms with Crippen LogP contribution in [0.15, 0.2) is 82.4 Å². The van der Waals surface area contributed by atoms with Crippen molar-refractivity contribution < 1.29 is 9.15 Å². The molecule has 0 radical (unpaired) electrons. The van der Waals surface area contributed by atoms with Gasteiger partial charge in [0.05, 0.1) is 18.9 Å². The summed E-state index contributed by atoms with van der Waals surface area (Å²) in [5.41, 5.74) is 2.47. The van der Waals surface area contributed by atoms with Crippen molar-refractivity contribution in [2.75, 3.05) is 31.1 Å². The van der Waals surface area contributed by atoms with Crippen LogP contribution in [0.2, 0.25) is 0 Å². The number of ether oxygens (including phenoxy) is 1. The van der Waals surface area contributed by atoms with Gasteiger partial charge in [0.2, 0.25) is 0 Å². The maximum absolute atomic E-state index is 5.84. The minimum absolute atomic E-state index is 0.182. The molecule has 2 unspecified atom stereocenters. The fourth-order valence-electron chi connectivity index (χ4n) is 4.47. The molecule has 2 aliphatic rings. The Kier molecular flexibility index (Phi) is 6.28. The molecule has 2 N–H and O–H groups in total. The Labute approximate surface area is 189 Å². The topological polar surface area (TPSA) is 62.0 Å². The predicted molar refractivity (Wildman–Crippen MR) is 127 cm³/mol. The average Bonchev–Trinajstić information content (AvgIpc) is 3.52. The van der Waals surface area contributed by atoms with Crippen LogP contribution >= 0.6 is 0 Å². The maximum atomic E-state index is 5.84. The molecule has 0 saturated carbocycles. The number of rotatable bonds is 6. The van der Waals surface area contributed by atoms with Crippen LogP contribution in [0.3, 0.4) is 0 Å². The first-order valence-corrected chi connectivity index (χ1v) is 11.5. The van der Waals surface area contributed by atoms with E-state index in [2.05, 4.69) is 58.0 Å². The summed E-state index contributed by atoms with van der Waals surface area (Å²) in [5, 5.41) is 7.38. The average molecular weight is 431 g/mol. The zero-order valence-electron chi connectivity index (χ0n) is 18.2. The predicted octanol–water partition coefficient (Wildman–Crippen LogP) is 4.16. The van der Waals surface area contributed by atoms with Crippen molar-refractivity contribution in [2.45, 2.75) is 31.3 Å². The highest BCUT2D eigenvalue weighted by Gasteiger charge is 2.26. The summed E-state index contributed by atoms with van der Waals surface area (Å²) in [5.74, 6) is 2.78. The van der Waals surface area contributed by atoms with E-state index < -0.39 is 0 Å². The van der Waals surface area contributed by atoms with Gasteiger partial charge in [0.15, 0.2) is 5.96 Å². The Morgan fingerprint density at radius 2 is 1.84 bits per heavy atom. The lowest BCUT2D eigenvalue weighted by atomic mass is 10.0. The van der Waals surface area contributed by atoms with Gasteiger partial charge in [-0.25, -0.2) is 0 Å². The number of furan rings is 1. The van der Waals surface area contributed by atoms with E-state index in [0.717, 1.165) is 49.8 Å². The van der Waals surface area contributed by atoms with Crippen molar-refractivity contribution in [3.05, 3.63) is 84.3 Å². The number of guanidine groups is 1. The smallest absolute Gasteiger partial charge is 0.192 e. The standard InChI is InChI=1S/C26H30N4O2/c1-2-7-21(8-3-1)30-16-13-20(19-30)28-26(27-15-12-22-9-6-17-31-22)29-24-14-18-32-25-11-5-4-10-23(24)25/h1-11,17,20,24H,12-16,18-19H2,(H2,27,28,29). The molecule has 0 aliphatic carbocycles. The minimum atomic E-state index is 0.182. The number of aliphatic imine (C=N–C) groups is 1. The van der Waals surface area contributed by atoms with Gasteiger partial charge in [-0.05, 0) is 36.8 Å². The molecule has 0 bridgehead atoms. The van der Waals surface area contributed by atoms with Gasteiger partial charge in [-0.15, -0.1) is 0 Å². The second-order valence-corrected chi connectivity index (χ2v) is 8.34. The van der Waals surface area contributed by atoms with Gasteiger partial charge < -0.3 is 24.7 Å². The third-order valence-corrected chi connectivity index (χ3v) is 6.13. The molecule has 1 saturated heterocycles. The van der Waals surface area contributed by atoms with E-state index in [1.807, 2.05) is 24.3 Å². The lowest BCUT2D eigenvalue weighted by molar-refractivity contribution is 0.261. The highest BCUT2D eigenvalue weighted by Crippen LogP contribution is 2.31. The van der Waals surface area contributed by atoms with Crippen LogP contribution < -0.4 is 20.3 Å². The second-order valence-electron chi connectivity index (χ2n) is 8.34. The Balaban J connectivity index is 1.28. The third-order valence-electron chi connectivity index (χ3n) is 6.13. The van der Waals surface area contributed by atoms with Crippen LogP contribution in [0, 0.1) is 0 Å². The quantitative estimate of drug-likeness (QED) is 0.454. The Morgan fingerprint density at radius 3 is 2.72 bits per heavy atom. The van der Waals surface area contributed by atoms with Crippen LogP contribution in [0.1, 0.15) is 30.2 Å². The van der Waals surface area contributed by atoms with Crippen LogP contribution in [0.25, 0.3) is 0 Å². The number of para-hydroxylation sites is 2. The molecule has 5 rings (SSSR count). The maximum Gasteiger partial charge on any atom is 0.192 e. The van der Waals surface area contributed by atoms with Gasteiger partial charge in [-0.2, -0.15) is 0 Å². The van der Waals surface area contributed by atoms with Gasteiger partial charge in [0.1, 0.15) is 11.5 Å². The number of hydrogen-bond donors (Lipinski definition) is 2. The first-order valence-electron chi connectivity index (χ1n) is 11.5. The van der Waals surface area contributed by atoms with E-state index in [0.29, 0.717) is 19.2 Å². The number of nitrogens with one attached hydrogen (secondary N) is 2. The Morgan fingerprint density at radius 1 is 0.969 bits per heavy atom. The summed E-state index contributed by atoms with van der Waals surface area (Å²) in [6.07, 6.45) is 4.49. The second kappa shape index (κ2) is 9.81. The summed E-state index contributed by atoms with van der Waals surface area (Å²) in [6.45, 7) is 3.39. The van der Waals surface area contributed by atoms with E-state index >= 15 is 0 Å². The first kappa shape index (κ1) is 20.5. The molecule has 2 aliphatic heterocycles. The van der Waals surface area contributed by atoms with Crippen molar-refractivity contribution in [2.24, 2.45) is 4.99 Å². The summed E-state index contributed by atoms with van der Waals surface area (Å²) in [6, 6.07) is 23.3. The molecule has 6 nitrogen and oxygen atoms in total. The molecular formula is C26H30N4O2. The molecule has 3 heterocycles. The fraction of sp³-hybridized carbons (Fsp3) is 0.346. The van der Waals surface area contributed by atoms with Crippen LogP contribution in [0.4, 0.5) is 5.69 Å². The van der Waals surface area contributed by atoms with Gasteiger partial charge >= 0.3 is 0 Å². The Bertz CT molecular complexity index is 1020. The molecule has 6 heteroatoms. The molecule has 32 heavy (non-hydrogen) atoms. The lowest BCUT2D eigenvalue weighted by Crippen LogP contribution is -2.46. The van der Waals surface area contributed by atoms with E-state index in [1.54, 1.807) is 6.26 Å². The summed E-state index contributed by atoms with van der Waals surface area (Å²) < 4.78 is 11.3. The molecule has 2 aromatic carbocycles. The van der Waals surface area contributed by atoms with Crippen LogP contribution in [-0.4, -0.2) is 38.2 Å². The zero-order valence-corrected chi connectivity index (χ0v) is 18.2. The monoisotopic (exact) mass is 430 g/mol.